The molecule has 1 fully saturated rings. The lowest BCUT2D eigenvalue weighted by molar-refractivity contribution is 0.0691. The highest BCUT2D eigenvalue weighted by Gasteiger charge is 2.23. The maximum Gasteiger partial charge on any atom is 0.354 e. The lowest BCUT2D eigenvalue weighted by atomic mass is 9.99. The molecule has 0 aliphatic carbocycles. The summed E-state index contributed by atoms with van der Waals surface area (Å²) in [5.74, 6) is -0.515. The van der Waals surface area contributed by atoms with Crippen molar-refractivity contribution >= 4 is 22.7 Å². The molecule has 2 aromatic carbocycles. The minimum Gasteiger partial charge on any atom is -0.477 e. The molecule has 1 aliphatic rings. The summed E-state index contributed by atoms with van der Waals surface area (Å²) in [6.07, 6.45) is 1.60. The first-order valence-electron chi connectivity index (χ1n) is 11.4. The van der Waals surface area contributed by atoms with E-state index in [1.165, 1.54) is 0 Å². The molecule has 1 saturated heterocycles. The van der Waals surface area contributed by atoms with Crippen LogP contribution in [0.5, 0.6) is 0 Å². The number of fused-ring (bicyclic) bond motifs is 1. The molecule has 1 N–H and O–H groups in total. The van der Waals surface area contributed by atoms with Crippen LogP contribution in [-0.2, 0) is 4.74 Å². The Morgan fingerprint density at radius 3 is 2.37 bits per heavy atom. The van der Waals surface area contributed by atoms with E-state index in [9.17, 15) is 9.90 Å². The van der Waals surface area contributed by atoms with Gasteiger partial charge in [0, 0.05) is 18.8 Å². The Kier molecular flexibility index (Phi) is 5.27. The second kappa shape index (κ2) is 8.73. The average molecular weight is 466 g/mol. The summed E-state index contributed by atoms with van der Waals surface area (Å²) in [4.78, 5) is 18.8. The zero-order chi connectivity index (χ0) is 23.8. The molecule has 0 atom stereocenters. The fourth-order valence-electron chi connectivity index (χ4n) is 4.46. The third-order valence-corrected chi connectivity index (χ3v) is 6.17. The fraction of sp³-hybridized carbons (Fsp3) is 0.148. The van der Waals surface area contributed by atoms with Gasteiger partial charge in [-0.15, -0.1) is 0 Å². The Bertz CT molecular complexity index is 1490. The van der Waals surface area contributed by atoms with E-state index in [1.807, 2.05) is 48.5 Å². The first-order valence-corrected chi connectivity index (χ1v) is 11.4. The van der Waals surface area contributed by atoms with Gasteiger partial charge in [-0.05, 0) is 53.6 Å². The molecule has 1 aliphatic heterocycles. The van der Waals surface area contributed by atoms with E-state index in [-0.39, 0.29) is 5.69 Å². The van der Waals surface area contributed by atoms with Crippen LogP contribution >= 0.6 is 0 Å². The number of nitrogens with zero attached hydrogens (tertiary/aromatic N) is 4. The lowest BCUT2D eigenvalue weighted by Gasteiger charge is -2.29. The number of carboxylic acid groups (broad SMARTS) is 1. The van der Waals surface area contributed by atoms with Crippen LogP contribution in [0.1, 0.15) is 10.5 Å². The smallest absolute Gasteiger partial charge is 0.354 e. The van der Waals surface area contributed by atoms with Gasteiger partial charge in [-0.25, -0.2) is 14.5 Å². The number of benzene rings is 2. The Balaban J connectivity index is 1.58. The zero-order valence-corrected chi connectivity index (χ0v) is 18.8. The van der Waals surface area contributed by atoms with E-state index in [1.54, 1.807) is 23.1 Å². The molecule has 4 heterocycles. The Hall–Kier alpha value is -4.43. The van der Waals surface area contributed by atoms with Gasteiger partial charge in [0.2, 0.25) is 0 Å². The molecule has 6 rings (SSSR count). The summed E-state index contributed by atoms with van der Waals surface area (Å²) in [5.41, 5.74) is 4.49. The maximum atomic E-state index is 12.0. The first-order chi connectivity index (χ1) is 17.2. The third-order valence-electron chi connectivity index (χ3n) is 6.17. The van der Waals surface area contributed by atoms with Crippen molar-refractivity contribution in [3.63, 3.8) is 0 Å². The van der Waals surface area contributed by atoms with Gasteiger partial charge >= 0.3 is 5.97 Å². The number of hydrogen-bond acceptors (Lipinski definition) is 6. The molecule has 8 heteroatoms. The van der Waals surface area contributed by atoms with Crippen LogP contribution < -0.4 is 4.90 Å². The molecule has 35 heavy (non-hydrogen) atoms. The quantitative estimate of drug-likeness (QED) is 0.394. The number of furan rings is 1. The van der Waals surface area contributed by atoms with Crippen molar-refractivity contribution in [1.82, 2.24) is 14.8 Å². The Labute approximate surface area is 201 Å². The summed E-state index contributed by atoms with van der Waals surface area (Å²) >= 11 is 0. The predicted molar refractivity (Wildman–Crippen MR) is 132 cm³/mol. The van der Waals surface area contributed by atoms with Gasteiger partial charge in [-0.1, -0.05) is 30.3 Å². The van der Waals surface area contributed by atoms with Crippen LogP contribution in [0.3, 0.4) is 0 Å². The van der Waals surface area contributed by atoms with Gasteiger partial charge in [-0.2, -0.15) is 5.10 Å². The monoisotopic (exact) mass is 466 g/mol. The van der Waals surface area contributed by atoms with E-state index in [0.29, 0.717) is 30.3 Å². The third kappa shape index (κ3) is 3.83. The van der Waals surface area contributed by atoms with Gasteiger partial charge in [0.15, 0.2) is 17.1 Å². The molecule has 174 valence electrons. The van der Waals surface area contributed by atoms with Crippen LogP contribution in [0.25, 0.3) is 39.3 Å². The summed E-state index contributed by atoms with van der Waals surface area (Å²) in [6, 6.07) is 22.9. The van der Waals surface area contributed by atoms with Crippen molar-refractivity contribution in [1.29, 1.82) is 0 Å². The van der Waals surface area contributed by atoms with Crippen molar-refractivity contribution < 1.29 is 19.1 Å². The number of morpholine rings is 1. The van der Waals surface area contributed by atoms with Crippen molar-refractivity contribution in [2.24, 2.45) is 0 Å². The molecule has 0 saturated carbocycles. The van der Waals surface area contributed by atoms with E-state index in [4.69, 9.17) is 14.3 Å². The molecular formula is C27H22N4O4. The van der Waals surface area contributed by atoms with E-state index in [2.05, 4.69) is 22.0 Å². The number of carbonyl (C=O) groups is 1. The number of hydrogen-bond donors (Lipinski definition) is 1. The molecule has 0 unspecified atom stereocenters. The highest BCUT2D eigenvalue weighted by Crippen LogP contribution is 2.38. The van der Waals surface area contributed by atoms with Crippen molar-refractivity contribution in [2.75, 3.05) is 31.2 Å². The molecule has 0 spiro atoms. The normalized spacial score (nSPS) is 13.9. The fourth-order valence-corrected chi connectivity index (χ4v) is 4.46. The number of aromatic carboxylic acids is 1. The van der Waals surface area contributed by atoms with Crippen LogP contribution in [0, 0.1) is 0 Å². The second-order valence-electron chi connectivity index (χ2n) is 8.28. The second-order valence-corrected chi connectivity index (χ2v) is 8.28. The van der Waals surface area contributed by atoms with E-state index in [0.717, 1.165) is 41.0 Å². The van der Waals surface area contributed by atoms with E-state index < -0.39 is 5.97 Å². The Morgan fingerprint density at radius 1 is 0.914 bits per heavy atom. The lowest BCUT2D eigenvalue weighted by Crippen LogP contribution is -2.36. The number of carboxylic acids is 1. The zero-order valence-electron chi connectivity index (χ0n) is 18.8. The standard InChI is InChI=1S/C27H22N4O4/c32-27(33)22-17-21(18-8-10-19(11-9-18)30-12-15-34-16-13-30)24-25(23-7-4-14-35-23)29-31(26(24)28-22)20-5-2-1-3-6-20/h1-11,14,17H,12-13,15-16H2,(H,32,33). The highest BCUT2D eigenvalue weighted by atomic mass is 16.5. The SMILES string of the molecule is O=C(O)c1cc(-c2ccc(N3CCOCC3)cc2)c2c(-c3ccco3)nn(-c3ccccc3)c2n1. The Morgan fingerprint density at radius 2 is 1.69 bits per heavy atom. The predicted octanol–water partition coefficient (Wildman–Crippen LogP) is 4.88. The van der Waals surface area contributed by atoms with Gasteiger partial charge in [-0.3, -0.25) is 0 Å². The van der Waals surface area contributed by atoms with Crippen molar-refractivity contribution in [3.05, 3.63) is 84.8 Å². The largest absolute Gasteiger partial charge is 0.477 e. The van der Waals surface area contributed by atoms with Gasteiger partial charge < -0.3 is 19.2 Å². The molecule has 0 radical (unpaired) electrons. The number of rotatable bonds is 5. The number of pyridine rings is 1. The molecule has 0 amide bonds. The molecule has 8 nitrogen and oxygen atoms in total. The van der Waals surface area contributed by atoms with Crippen LogP contribution in [0.15, 0.2) is 83.5 Å². The maximum absolute atomic E-state index is 12.0. The molecule has 3 aromatic heterocycles. The summed E-state index contributed by atoms with van der Waals surface area (Å²) in [5, 5.41) is 15.4. The van der Waals surface area contributed by atoms with Crippen molar-refractivity contribution in [2.45, 2.75) is 0 Å². The van der Waals surface area contributed by atoms with Crippen LogP contribution in [0.2, 0.25) is 0 Å². The molecular weight excluding hydrogens is 444 g/mol. The van der Waals surface area contributed by atoms with Crippen molar-refractivity contribution in [3.8, 4) is 28.3 Å². The minimum absolute atomic E-state index is 0.0483. The van der Waals surface area contributed by atoms with Crippen LogP contribution in [0.4, 0.5) is 5.69 Å². The number of aromatic nitrogens is 3. The first kappa shape index (κ1) is 21.1. The summed E-state index contributed by atoms with van der Waals surface area (Å²) < 4.78 is 12.8. The topological polar surface area (TPSA) is 93.6 Å². The number of para-hydroxylation sites is 1. The van der Waals surface area contributed by atoms with Gasteiger partial charge in [0.25, 0.3) is 0 Å². The average Bonchev–Trinajstić information content (AvgIpc) is 3.57. The molecule has 0 bridgehead atoms. The van der Waals surface area contributed by atoms with Crippen LogP contribution in [-0.4, -0.2) is 52.1 Å². The van der Waals surface area contributed by atoms with Gasteiger partial charge in [0.05, 0.1) is 30.6 Å². The number of anilines is 1. The molecule has 5 aromatic rings. The highest BCUT2D eigenvalue weighted by molar-refractivity contribution is 6.05. The minimum atomic E-state index is -1.10. The summed E-state index contributed by atoms with van der Waals surface area (Å²) in [7, 11) is 0. The van der Waals surface area contributed by atoms with Gasteiger partial charge in [0.1, 0.15) is 5.69 Å². The number of ether oxygens (including phenoxy) is 1. The summed E-state index contributed by atoms with van der Waals surface area (Å²) in [6.45, 7) is 3.10. The van der Waals surface area contributed by atoms with E-state index >= 15 is 0 Å².